The summed E-state index contributed by atoms with van der Waals surface area (Å²) in [6.07, 6.45) is -0.432. The van der Waals surface area contributed by atoms with Gasteiger partial charge in [0.05, 0.1) is 25.5 Å². The number of aromatic amines is 1. The predicted octanol–water partition coefficient (Wildman–Crippen LogP) is -3.85. The Morgan fingerprint density at radius 1 is 0.495 bits per heavy atom. The molecule has 32 heteroatoms. The summed E-state index contributed by atoms with van der Waals surface area (Å²) in [5, 5.41) is 43.4. The molecule has 9 atom stereocenters. The van der Waals surface area contributed by atoms with Crippen molar-refractivity contribution in [3.8, 4) is 5.75 Å². The number of nitrogens with two attached hydrogens (primary N) is 5. The Morgan fingerprint density at radius 2 is 0.958 bits per heavy atom. The predicted molar refractivity (Wildman–Crippen MR) is 347 cm³/mol. The number of primary amides is 3. The number of hydrogen-bond acceptors (Lipinski definition) is 16. The molecule has 1 aromatic heterocycles. The summed E-state index contributed by atoms with van der Waals surface area (Å²) in [6.45, 7) is 2.61. The van der Waals surface area contributed by atoms with E-state index >= 15 is 0 Å². The van der Waals surface area contributed by atoms with Crippen LogP contribution in [0.15, 0.2) is 120 Å². The molecule has 32 nitrogen and oxygen atoms in total. The summed E-state index contributed by atoms with van der Waals surface area (Å²) in [7, 11) is 1.47. The van der Waals surface area contributed by atoms with Crippen molar-refractivity contribution in [2.24, 2.45) is 39.6 Å². The Hall–Kier alpha value is -11.2. The number of para-hydroxylation sites is 1. The van der Waals surface area contributed by atoms with Crippen molar-refractivity contribution in [3.63, 3.8) is 0 Å². The first-order valence-corrected chi connectivity index (χ1v) is 30.3. The summed E-state index contributed by atoms with van der Waals surface area (Å²) < 4.78 is 0. The molecule has 1 heterocycles. The number of carbonyl (C=O) groups is 12. The van der Waals surface area contributed by atoms with E-state index in [0.29, 0.717) is 33.2 Å². The van der Waals surface area contributed by atoms with Gasteiger partial charge in [0, 0.05) is 50.0 Å². The third-order valence-corrected chi connectivity index (χ3v) is 14.7. The van der Waals surface area contributed by atoms with Gasteiger partial charge in [-0.2, -0.15) is 0 Å². The summed E-state index contributed by atoms with van der Waals surface area (Å²) in [5.41, 5.74) is 35.8. The number of fused-ring (bicyclic) bond motifs is 1. The average molecular weight is 1320 g/mol. The Balaban J connectivity index is 1.30. The highest BCUT2D eigenvalue weighted by Crippen LogP contribution is 2.20. The number of guanidine groups is 1. The number of urea groups is 1. The van der Waals surface area contributed by atoms with Gasteiger partial charge >= 0.3 is 6.03 Å². The van der Waals surface area contributed by atoms with Crippen molar-refractivity contribution in [2.75, 3.05) is 20.2 Å². The lowest BCUT2D eigenvalue weighted by atomic mass is 10.0. The number of aromatic hydroxyl groups is 1. The molecule has 0 aliphatic carbocycles. The van der Waals surface area contributed by atoms with E-state index in [1.165, 1.54) is 31.3 Å². The van der Waals surface area contributed by atoms with E-state index in [4.69, 9.17) is 28.7 Å². The number of phenolic OH excluding ortho intramolecular Hbond substituents is 1. The first kappa shape index (κ1) is 74.6. The van der Waals surface area contributed by atoms with Crippen molar-refractivity contribution >= 4 is 87.9 Å². The number of rotatable bonds is 36. The first-order valence-electron chi connectivity index (χ1n) is 30.3. The third-order valence-electron chi connectivity index (χ3n) is 14.7. The minimum atomic E-state index is -1.92. The molecule has 95 heavy (non-hydrogen) atoms. The molecule has 0 saturated heterocycles. The Bertz CT molecular complexity index is 3500. The standard InChI is InChI=1S/C63H84N18O14/c1-34(2)25-45(56(89)72-43(19-12-24-70-62(68)69-3)55(88)73-44(53(67)86)27-35-13-6-4-7-14-35)79-63(95)81-80-61(94)46(28-36-15-8-5-9-16-36)75-60(93)50(33-82)78-59(92)49(31-52(66)85)77-57(90)47(29-38-32-71-42-18-11-10-17-40(38)42)76-58(91)48(30-51(65)84)74-54(87)41(64)26-37-20-22-39(83)23-21-37/h4-11,13-18,20-23,32,34,41,43-50,71,82-83H,12,19,24-31,33,64H2,1-3H3,(H2,65,84)(H2,66,85)(H2,67,86)(H,72,89)(H,73,88)(H,74,87)(H,75,93)(H,76,91)(H,77,90)(H,78,92)(H,80,94)(H3,68,69,70)(H2,79,81,95)/t41-,43+,44+,45+,46+,47-,48+,49+,50+/m1/s1. The molecule has 0 fully saturated rings. The molecule has 5 aromatic rings. The fourth-order valence-corrected chi connectivity index (χ4v) is 9.74. The van der Waals surface area contributed by atoms with Gasteiger partial charge in [-0.3, -0.25) is 63.2 Å². The maximum atomic E-state index is 14.5. The summed E-state index contributed by atoms with van der Waals surface area (Å²) >= 11 is 0. The van der Waals surface area contributed by atoms with Gasteiger partial charge in [-0.1, -0.05) is 105 Å². The number of nitrogens with zero attached hydrogens (tertiary/aromatic N) is 1. The molecule has 0 aliphatic heterocycles. The molecule has 0 saturated carbocycles. The Morgan fingerprint density at radius 3 is 1.52 bits per heavy atom. The number of aromatic nitrogens is 1. The molecule has 4 aromatic carbocycles. The molecular formula is C63H84N18O14. The number of amides is 13. The maximum Gasteiger partial charge on any atom is 0.334 e. The highest BCUT2D eigenvalue weighted by molar-refractivity contribution is 6.00. The lowest BCUT2D eigenvalue weighted by Crippen LogP contribution is -2.62. The van der Waals surface area contributed by atoms with Crippen LogP contribution in [0.2, 0.25) is 0 Å². The number of aliphatic hydroxyl groups excluding tert-OH is 1. The number of aliphatic imine (C=N–C) groups is 1. The van der Waals surface area contributed by atoms with Gasteiger partial charge in [0.2, 0.25) is 59.1 Å². The van der Waals surface area contributed by atoms with Gasteiger partial charge in [0.1, 0.15) is 54.1 Å². The van der Waals surface area contributed by atoms with Gasteiger partial charge in [0.25, 0.3) is 5.91 Å². The molecule has 13 amide bonds. The van der Waals surface area contributed by atoms with E-state index in [0.717, 1.165) is 0 Å². The number of H-pyrrole nitrogens is 1. The minimum Gasteiger partial charge on any atom is -0.508 e. The smallest absolute Gasteiger partial charge is 0.334 e. The van der Waals surface area contributed by atoms with E-state index in [2.05, 4.69) is 68.7 Å². The van der Waals surface area contributed by atoms with Crippen LogP contribution >= 0.6 is 0 Å². The largest absolute Gasteiger partial charge is 0.508 e. The SMILES string of the molecule is CN=C(N)NCCC[C@H](NC(=O)[C@H](CC(C)C)NC(=O)NNC(=O)[C@H](Cc1ccccc1)NC(=O)[C@H](CO)NC(=O)[C@H](CC(N)=O)NC(=O)[C@@H](Cc1c[nH]c2ccccc12)NC(=O)[C@H](CC(N)=O)NC(=O)[C@H](N)Cc1ccc(O)cc1)C(=O)N[C@@H](Cc1ccccc1)C(N)=O. The average Bonchev–Trinajstić information content (AvgIpc) is 1.78. The second-order valence-electron chi connectivity index (χ2n) is 22.7. The lowest BCUT2D eigenvalue weighted by molar-refractivity contribution is -0.136. The molecular weight excluding hydrogens is 1230 g/mol. The monoisotopic (exact) mass is 1320 g/mol. The van der Waals surface area contributed by atoms with Crippen molar-refractivity contribution in [3.05, 3.63) is 138 Å². The van der Waals surface area contributed by atoms with Crippen LogP contribution in [0.4, 0.5) is 4.79 Å². The highest BCUT2D eigenvalue weighted by Gasteiger charge is 2.36. The summed E-state index contributed by atoms with van der Waals surface area (Å²) in [6, 6.07) is 14.7. The molecule has 0 bridgehead atoms. The van der Waals surface area contributed by atoms with Crippen molar-refractivity contribution < 1.29 is 67.7 Å². The molecule has 0 spiro atoms. The number of aliphatic hydroxyl groups is 1. The van der Waals surface area contributed by atoms with E-state index in [1.807, 2.05) is 0 Å². The van der Waals surface area contributed by atoms with Crippen LogP contribution in [-0.4, -0.2) is 167 Å². The van der Waals surface area contributed by atoms with Gasteiger partial charge in [-0.15, -0.1) is 0 Å². The number of benzene rings is 4. The molecule has 0 radical (unpaired) electrons. The fraction of sp³-hybridized carbons (Fsp3) is 0.381. The van der Waals surface area contributed by atoms with Gasteiger partial charge in [0.15, 0.2) is 5.96 Å². The van der Waals surface area contributed by atoms with Crippen LogP contribution in [0.1, 0.15) is 68.2 Å². The van der Waals surface area contributed by atoms with Gasteiger partial charge < -0.3 is 91.7 Å². The number of carbonyl (C=O) groups excluding carboxylic acids is 12. The lowest BCUT2D eigenvalue weighted by Gasteiger charge is -2.27. The van der Waals surface area contributed by atoms with E-state index in [9.17, 15) is 67.7 Å². The second kappa shape index (κ2) is 37.4. The minimum absolute atomic E-state index is 0.0124. The van der Waals surface area contributed by atoms with Crippen LogP contribution < -0.4 is 87.4 Å². The number of hydrazine groups is 1. The van der Waals surface area contributed by atoms with E-state index < -0.39 is 145 Å². The van der Waals surface area contributed by atoms with E-state index in [1.54, 1.807) is 105 Å². The quantitative estimate of drug-likeness (QED) is 0.00790. The van der Waals surface area contributed by atoms with Gasteiger partial charge in [-0.25, -0.2) is 10.2 Å². The molecule has 510 valence electrons. The zero-order valence-electron chi connectivity index (χ0n) is 52.6. The first-order chi connectivity index (χ1) is 45.2. The zero-order chi connectivity index (χ0) is 69.7. The van der Waals surface area contributed by atoms with Crippen LogP contribution in [-0.2, 0) is 78.4 Å². The normalized spacial score (nSPS) is 14.1. The molecule has 5 rings (SSSR count). The Kier molecular flexibility index (Phi) is 29.3. The second-order valence-corrected chi connectivity index (χ2v) is 22.7. The number of nitrogens with one attached hydrogen (secondary N) is 12. The van der Waals surface area contributed by atoms with Crippen LogP contribution in [0.3, 0.4) is 0 Å². The number of phenols is 1. The highest BCUT2D eigenvalue weighted by atomic mass is 16.3. The third kappa shape index (κ3) is 25.1. The van der Waals surface area contributed by atoms with Gasteiger partial charge in [-0.05, 0) is 72.1 Å². The van der Waals surface area contributed by atoms with Crippen molar-refractivity contribution in [2.45, 2.75) is 126 Å². The summed E-state index contributed by atoms with van der Waals surface area (Å²) in [4.78, 5) is 170. The van der Waals surface area contributed by atoms with Crippen LogP contribution in [0, 0.1) is 5.92 Å². The summed E-state index contributed by atoms with van der Waals surface area (Å²) in [5.74, 6) is -11.3. The van der Waals surface area contributed by atoms with Crippen LogP contribution in [0.5, 0.6) is 5.75 Å². The Labute approximate surface area is 546 Å². The maximum absolute atomic E-state index is 14.5. The zero-order valence-corrected chi connectivity index (χ0v) is 52.6. The molecule has 0 aliphatic rings. The topological polar surface area (TPSA) is 536 Å². The van der Waals surface area contributed by atoms with Crippen molar-refractivity contribution in [1.82, 2.24) is 63.7 Å². The van der Waals surface area contributed by atoms with Crippen LogP contribution in [0.25, 0.3) is 10.9 Å². The fourth-order valence-electron chi connectivity index (χ4n) is 9.74. The van der Waals surface area contributed by atoms with Crippen molar-refractivity contribution in [1.29, 1.82) is 0 Å². The molecule has 24 N–H and O–H groups in total. The molecule has 0 unspecified atom stereocenters. The number of hydrogen-bond donors (Lipinski definition) is 19. The van der Waals surface area contributed by atoms with E-state index in [-0.39, 0.29) is 69.1 Å².